The van der Waals surface area contributed by atoms with Crippen LogP contribution in [0.1, 0.15) is 5.56 Å². The molecule has 0 aliphatic carbocycles. The van der Waals surface area contributed by atoms with Gasteiger partial charge in [-0.15, -0.1) is 11.8 Å². The average molecular weight is 241 g/mol. The van der Waals surface area contributed by atoms with Crippen molar-refractivity contribution in [1.82, 2.24) is 4.98 Å². The molecule has 4 heteroatoms. The first-order chi connectivity index (χ1) is 8.33. The number of benzene rings is 1. The molecule has 17 heavy (non-hydrogen) atoms. The van der Waals surface area contributed by atoms with Gasteiger partial charge < -0.3 is 5.32 Å². The molecular weight excluding hydrogens is 230 g/mol. The number of hydrogen-bond donors (Lipinski definition) is 1. The molecule has 1 aromatic carbocycles. The second kappa shape index (κ2) is 5.37. The zero-order chi connectivity index (χ0) is 12.1. The monoisotopic (exact) mass is 241 g/mol. The normalized spacial score (nSPS) is 9.65. The fourth-order valence-electron chi connectivity index (χ4n) is 1.42. The van der Waals surface area contributed by atoms with Gasteiger partial charge in [-0.2, -0.15) is 5.26 Å². The molecular formula is C13H11N3S. The molecule has 1 N–H and O–H groups in total. The summed E-state index contributed by atoms with van der Waals surface area (Å²) in [4.78, 5) is 5.22. The summed E-state index contributed by atoms with van der Waals surface area (Å²) in [5, 5.41) is 12.1. The van der Waals surface area contributed by atoms with Crippen molar-refractivity contribution in [1.29, 1.82) is 5.26 Å². The van der Waals surface area contributed by atoms with Crippen LogP contribution < -0.4 is 5.32 Å². The van der Waals surface area contributed by atoms with Crippen LogP contribution in [0.3, 0.4) is 0 Å². The standard InChI is InChI=1S/C13H11N3S/c1-17-12-4-2-11(3-5-12)16-13-9-15-7-6-10(13)8-14/h2-7,9,16H,1H3. The van der Waals surface area contributed by atoms with Gasteiger partial charge in [0, 0.05) is 16.8 Å². The Morgan fingerprint density at radius 3 is 2.65 bits per heavy atom. The Morgan fingerprint density at radius 1 is 1.24 bits per heavy atom. The van der Waals surface area contributed by atoms with E-state index in [1.165, 1.54) is 4.90 Å². The van der Waals surface area contributed by atoms with Gasteiger partial charge in [0.2, 0.25) is 0 Å². The van der Waals surface area contributed by atoms with Crippen LogP contribution in [0.4, 0.5) is 11.4 Å². The Kier molecular flexibility index (Phi) is 3.63. The maximum absolute atomic E-state index is 8.96. The second-order valence-corrected chi connectivity index (χ2v) is 4.27. The molecule has 0 saturated carbocycles. The number of nitrogens with zero attached hydrogens (tertiary/aromatic N) is 2. The van der Waals surface area contributed by atoms with Crippen molar-refractivity contribution in [2.24, 2.45) is 0 Å². The fourth-order valence-corrected chi connectivity index (χ4v) is 1.83. The lowest BCUT2D eigenvalue weighted by molar-refractivity contribution is 1.30. The molecule has 1 aromatic heterocycles. The zero-order valence-corrected chi connectivity index (χ0v) is 10.2. The third kappa shape index (κ3) is 2.77. The van der Waals surface area contributed by atoms with Gasteiger partial charge in [0.05, 0.1) is 17.4 Å². The first kappa shape index (κ1) is 11.5. The summed E-state index contributed by atoms with van der Waals surface area (Å²) < 4.78 is 0. The molecule has 0 amide bonds. The van der Waals surface area contributed by atoms with E-state index in [1.807, 2.05) is 30.5 Å². The molecule has 0 atom stereocenters. The number of thioether (sulfide) groups is 1. The van der Waals surface area contributed by atoms with E-state index in [2.05, 4.69) is 16.4 Å². The van der Waals surface area contributed by atoms with Crippen molar-refractivity contribution in [2.75, 3.05) is 11.6 Å². The van der Waals surface area contributed by atoms with Crippen LogP contribution in [0.5, 0.6) is 0 Å². The highest BCUT2D eigenvalue weighted by Crippen LogP contribution is 2.22. The van der Waals surface area contributed by atoms with Gasteiger partial charge >= 0.3 is 0 Å². The Balaban J connectivity index is 2.23. The smallest absolute Gasteiger partial charge is 0.101 e. The van der Waals surface area contributed by atoms with E-state index in [0.29, 0.717) is 5.56 Å². The molecule has 2 aromatic rings. The molecule has 0 unspecified atom stereocenters. The van der Waals surface area contributed by atoms with Crippen LogP contribution >= 0.6 is 11.8 Å². The predicted octanol–water partition coefficient (Wildman–Crippen LogP) is 3.42. The van der Waals surface area contributed by atoms with Crippen molar-refractivity contribution in [2.45, 2.75) is 4.90 Å². The fraction of sp³-hybridized carbons (Fsp3) is 0.0769. The highest BCUT2D eigenvalue weighted by atomic mass is 32.2. The van der Waals surface area contributed by atoms with Gasteiger partial charge in [-0.25, -0.2) is 0 Å². The predicted molar refractivity (Wildman–Crippen MR) is 70.5 cm³/mol. The van der Waals surface area contributed by atoms with Crippen molar-refractivity contribution in [3.05, 3.63) is 48.3 Å². The lowest BCUT2D eigenvalue weighted by Crippen LogP contribution is -1.94. The number of nitriles is 1. The minimum absolute atomic E-state index is 0.592. The third-order valence-electron chi connectivity index (χ3n) is 2.31. The molecule has 3 nitrogen and oxygen atoms in total. The molecule has 0 aliphatic heterocycles. The van der Waals surface area contributed by atoms with Crippen LogP contribution in [0.15, 0.2) is 47.6 Å². The van der Waals surface area contributed by atoms with E-state index in [1.54, 1.807) is 30.2 Å². The van der Waals surface area contributed by atoms with Gasteiger partial charge in [0.15, 0.2) is 0 Å². The molecule has 0 aliphatic rings. The van der Waals surface area contributed by atoms with E-state index in [-0.39, 0.29) is 0 Å². The van der Waals surface area contributed by atoms with Gasteiger partial charge in [0.25, 0.3) is 0 Å². The average Bonchev–Trinajstić information content (AvgIpc) is 2.40. The summed E-state index contributed by atoms with van der Waals surface area (Å²) in [5.74, 6) is 0. The first-order valence-corrected chi connectivity index (χ1v) is 6.31. The Hall–Kier alpha value is -1.99. The van der Waals surface area contributed by atoms with Gasteiger partial charge in [-0.1, -0.05) is 0 Å². The molecule has 0 bridgehead atoms. The molecule has 0 spiro atoms. The summed E-state index contributed by atoms with van der Waals surface area (Å²) in [5.41, 5.74) is 2.27. The summed E-state index contributed by atoms with van der Waals surface area (Å²) in [7, 11) is 0. The van der Waals surface area contributed by atoms with Gasteiger partial charge in [-0.05, 0) is 36.6 Å². The van der Waals surface area contributed by atoms with Gasteiger partial charge in [0.1, 0.15) is 6.07 Å². The lowest BCUT2D eigenvalue weighted by Gasteiger charge is -2.07. The summed E-state index contributed by atoms with van der Waals surface area (Å²) in [6.07, 6.45) is 5.30. The molecule has 0 saturated heterocycles. The number of nitrogens with one attached hydrogen (secondary N) is 1. The molecule has 1 heterocycles. The van der Waals surface area contributed by atoms with Crippen molar-refractivity contribution in [3.63, 3.8) is 0 Å². The summed E-state index contributed by atoms with van der Waals surface area (Å²) >= 11 is 1.70. The topological polar surface area (TPSA) is 48.7 Å². The van der Waals surface area contributed by atoms with E-state index in [9.17, 15) is 0 Å². The lowest BCUT2D eigenvalue weighted by atomic mass is 10.2. The Labute approximate surface area is 105 Å². The number of pyridine rings is 1. The SMILES string of the molecule is CSc1ccc(Nc2cnccc2C#N)cc1. The van der Waals surface area contributed by atoms with Crippen LogP contribution in [0.25, 0.3) is 0 Å². The van der Waals surface area contributed by atoms with Crippen LogP contribution in [-0.2, 0) is 0 Å². The third-order valence-corrected chi connectivity index (χ3v) is 3.05. The van der Waals surface area contributed by atoms with Crippen molar-refractivity contribution >= 4 is 23.1 Å². The largest absolute Gasteiger partial charge is 0.353 e. The summed E-state index contributed by atoms with van der Waals surface area (Å²) in [6, 6.07) is 11.9. The zero-order valence-electron chi connectivity index (χ0n) is 9.34. The minimum atomic E-state index is 0.592. The molecule has 0 fully saturated rings. The van der Waals surface area contributed by atoms with E-state index < -0.39 is 0 Å². The minimum Gasteiger partial charge on any atom is -0.353 e. The van der Waals surface area contributed by atoms with Crippen molar-refractivity contribution < 1.29 is 0 Å². The Bertz CT molecular complexity index is 543. The first-order valence-electron chi connectivity index (χ1n) is 5.08. The van der Waals surface area contributed by atoms with Crippen molar-refractivity contribution in [3.8, 4) is 6.07 Å². The number of anilines is 2. The van der Waals surface area contributed by atoms with Gasteiger partial charge in [-0.3, -0.25) is 4.98 Å². The summed E-state index contributed by atoms with van der Waals surface area (Å²) in [6.45, 7) is 0. The maximum Gasteiger partial charge on any atom is 0.101 e. The van der Waals surface area contributed by atoms with E-state index >= 15 is 0 Å². The highest BCUT2D eigenvalue weighted by molar-refractivity contribution is 7.98. The molecule has 0 radical (unpaired) electrons. The quantitative estimate of drug-likeness (QED) is 0.836. The maximum atomic E-state index is 8.96. The van der Waals surface area contributed by atoms with E-state index in [4.69, 9.17) is 5.26 Å². The second-order valence-electron chi connectivity index (χ2n) is 3.39. The number of aromatic nitrogens is 1. The molecule has 84 valence electrons. The number of hydrogen-bond acceptors (Lipinski definition) is 4. The Morgan fingerprint density at radius 2 is 2.00 bits per heavy atom. The molecule has 2 rings (SSSR count). The van der Waals surface area contributed by atoms with E-state index in [0.717, 1.165) is 11.4 Å². The van der Waals surface area contributed by atoms with Crippen LogP contribution in [0.2, 0.25) is 0 Å². The highest BCUT2D eigenvalue weighted by Gasteiger charge is 2.01. The van der Waals surface area contributed by atoms with Crippen LogP contribution in [-0.4, -0.2) is 11.2 Å². The number of rotatable bonds is 3. The van der Waals surface area contributed by atoms with Crippen LogP contribution in [0, 0.1) is 11.3 Å².